The van der Waals surface area contributed by atoms with Crippen molar-refractivity contribution in [2.24, 2.45) is 0 Å². The zero-order valence-corrected chi connectivity index (χ0v) is 16.0. The SMILES string of the molecule is CC(CO)c1nc(-c2ncn3c2c(=O)n(C(C)CO)c2cc(Cl)ccc23)no1. The predicted molar refractivity (Wildman–Crippen MR) is 103 cm³/mol. The van der Waals surface area contributed by atoms with Crippen LogP contribution >= 0.6 is 11.6 Å². The topological polar surface area (TPSA) is 119 Å². The van der Waals surface area contributed by atoms with Gasteiger partial charge >= 0.3 is 0 Å². The van der Waals surface area contributed by atoms with Gasteiger partial charge in [-0.15, -0.1) is 0 Å². The van der Waals surface area contributed by atoms with Crippen LogP contribution in [0.4, 0.5) is 0 Å². The summed E-state index contributed by atoms with van der Waals surface area (Å²) in [6, 6.07) is 4.71. The van der Waals surface area contributed by atoms with Gasteiger partial charge in [-0.05, 0) is 25.1 Å². The zero-order chi connectivity index (χ0) is 20.0. The largest absolute Gasteiger partial charge is 0.396 e. The van der Waals surface area contributed by atoms with Gasteiger partial charge in [0.2, 0.25) is 11.7 Å². The van der Waals surface area contributed by atoms with Crippen LogP contribution in [0.5, 0.6) is 0 Å². The molecule has 0 aliphatic heterocycles. The summed E-state index contributed by atoms with van der Waals surface area (Å²) in [5.74, 6) is 0.0888. The van der Waals surface area contributed by atoms with E-state index in [1.165, 1.54) is 10.9 Å². The first-order valence-electron chi connectivity index (χ1n) is 8.72. The highest BCUT2D eigenvalue weighted by atomic mass is 35.5. The van der Waals surface area contributed by atoms with E-state index in [1.54, 1.807) is 36.4 Å². The van der Waals surface area contributed by atoms with E-state index in [4.69, 9.17) is 16.1 Å². The third kappa shape index (κ3) is 2.79. The summed E-state index contributed by atoms with van der Waals surface area (Å²) in [4.78, 5) is 21.9. The number of imidazole rings is 1. The molecule has 0 radical (unpaired) electrons. The van der Waals surface area contributed by atoms with Gasteiger partial charge in [-0.25, -0.2) is 4.98 Å². The number of hydrogen-bond donors (Lipinski definition) is 2. The zero-order valence-electron chi connectivity index (χ0n) is 15.2. The highest BCUT2D eigenvalue weighted by molar-refractivity contribution is 6.31. The number of aliphatic hydroxyl groups excluding tert-OH is 2. The number of hydrogen-bond acceptors (Lipinski definition) is 7. The molecule has 10 heteroatoms. The molecule has 0 spiro atoms. The fraction of sp³-hybridized carbons (Fsp3) is 0.333. The molecule has 2 atom stereocenters. The van der Waals surface area contributed by atoms with Gasteiger partial charge in [-0.3, -0.25) is 13.8 Å². The van der Waals surface area contributed by atoms with Crippen molar-refractivity contribution in [2.45, 2.75) is 25.8 Å². The quantitative estimate of drug-likeness (QED) is 0.523. The Kier molecular flexibility index (Phi) is 4.66. The Balaban J connectivity index is 2.05. The molecule has 0 amide bonds. The van der Waals surface area contributed by atoms with Crippen molar-refractivity contribution in [3.63, 3.8) is 0 Å². The van der Waals surface area contributed by atoms with Crippen molar-refractivity contribution < 1.29 is 14.7 Å². The third-order valence-corrected chi connectivity index (χ3v) is 4.93. The first-order valence-corrected chi connectivity index (χ1v) is 9.10. The molecule has 2 N–H and O–H groups in total. The van der Waals surface area contributed by atoms with Crippen molar-refractivity contribution in [3.8, 4) is 11.5 Å². The van der Waals surface area contributed by atoms with Gasteiger partial charge in [-0.2, -0.15) is 4.98 Å². The lowest BCUT2D eigenvalue weighted by Crippen LogP contribution is -2.27. The van der Waals surface area contributed by atoms with Crippen LogP contribution in [0.3, 0.4) is 0 Å². The minimum atomic E-state index is -0.476. The summed E-state index contributed by atoms with van der Waals surface area (Å²) >= 11 is 6.13. The summed E-state index contributed by atoms with van der Waals surface area (Å²) in [7, 11) is 0. The van der Waals surface area contributed by atoms with Gasteiger partial charge in [0.15, 0.2) is 0 Å². The molecule has 0 saturated carbocycles. The lowest BCUT2D eigenvalue weighted by atomic mass is 10.2. The molecule has 4 aromatic rings. The molecule has 146 valence electrons. The molecule has 3 heterocycles. The maximum Gasteiger partial charge on any atom is 0.278 e. The van der Waals surface area contributed by atoms with E-state index in [2.05, 4.69) is 15.1 Å². The Morgan fingerprint density at radius 3 is 2.71 bits per heavy atom. The summed E-state index contributed by atoms with van der Waals surface area (Å²) in [6.07, 6.45) is 1.52. The van der Waals surface area contributed by atoms with Crippen LogP contribution in [0.1, 0.15) is 31.7 Å². The fourth-order valence-corrected chi connectivity index (χ4v) is 3.31. The summed E-state index contributed by atoms with van der Waals surface area (Å²) in [5.41, 5.74) is 1.45. The standard InChI is InChI=1S/C18H18ClN5O4/c1-9(6-25)17-21-16(22-28-17)14-15-18(27)24(10(2)7-26)13-5-11(19)3-4-12(13)23(15)8-20-14/h3-5,8-10,25-26H,6-7H2,1-2H3. The Hall–Kier alpha value is -2.75. The van der Waals surface area contributed by atoms with Crippen LogP contribution in [0.2, 0.25) is 5.02 Å². The van der Waals surface area contributed by atoms with Gasteiger partial charge in [0, 0.05) is 5.02 Å². The Morgan fingerprint density at radius 1 is 1.21 bits per heavy atom. The first kappa shape index (κ1) is 18.6. The fourth-order valence-electron chi connectivity index (χ4n) is 3.14. The number of rotatable bonds is 5. The first-order chi connectivity index (χ1) is 13.5. The van der Waals surface area contributed by atoms with Gasteiger partial charge in [0.1, 0.15) is 17.5 Å². The molecule has 0 fully saturated rings. The number of halogens is 1. The normalized spacial score (nSPS) is 14.0. The second-order valence-corrected chi connectivity index (χ2v) is 7.13. The van der Waals surface area contributed by atoms with Crippen LogP contribution in [-0.2, 0) is 0 Å². The molecule has 28 heavy (non-hydrogen) atoms. The van der Waals surface area contributed by atoms with Crippen LogP contribution in [0, 0.1) is 0 Å². The van der Waals surface area contributed by atoms with E-state index < -0.39 is 6.04 Å². The van der Waals surface area contributed by atoms with E-state index in [1.807, 2.05) is 0 Å². The van der Waals surface area contributed by atoms with Crippen LogP contribution in [-0.4, -0.2) is 47.5 Å². The molecular formula is C18H18ClN5O4. The molecule has 3 aromatic heterocycles. The number of benzene rings is 1. The Bertz CT molecular complexity index is 1230. The van der Waals surface area contributed by atoms with E-state index in [0.29, 0.717) is 16.1 Å². The van der Waals surface area contributed by atoms with Crippen molar-refractivity contribution in [3.05, 3.63) is 45.8 Å². The molecule has 4 rings (SSSR count). The van der Waals surface area contributed by atoms with E-state index in [9.17, 15) is 15.0 Å². The number of nitrogens with zero attached hydrogens (tertiary/aromatic N) is 5. The minimum absolute atomic E-state index is 0.141. The highest BCUT2D eigenvalue weighted by Crippen LogP contribution is 2.26. The van der Waals surface area contributed by atoms with E-state index >= 15 is 0 Å². The minimum Gasteiger partial charge on any atom is -0.396 e. The van der Waals surface area contributed by atoms with Crippen LogP contribution in [0.25, 0.3) is 28.1 Å². The second-order valence-electron chi connectivity index (χ2n) is 6.69. The van der Waals surface area contributed by atoms with Crippen molar-refractivity contribution in [2.75, 3.05) is 13.2 Å². The molecule has 0 aliphatic carbocycles. The second kappa shape index (κ2) is 7.01. The predicted octanol–water partition coefficient (Wildman–Crippen LogP) is 2.00. The lowest BCUT2D eigenvalue weighted by molar-refractivity contribution is 0.239. The molecule has 0 saturated heterocycles. The molecule has 2 unspecified atom stereocenters. The van der Waals surface area contributed by atoms with E-state index in [-0.39, 0.29) is 47.6 Å². The molecular weight excluding hydrogens is 386 g/mol. The van der Waals surface area contributed by atoms with Crippen LogP contribution in [0.15, 0.2) is 33.8 Å². The van der Waals surface area contributed by atoms with Crippen molar-refractivity contribution in [1.82, 2.24) is 24.1 Å². The van der Waals surface area contributed by atoms with Crippen LogP contribution < -0.4 is 5.56 Å². The molecule has 0 aliphatic rings. The van der Waals surface area contributed by atoms with Gasteiger partial charge in [-0.1, -0.05) is 23.7 Å². The average Bonchev–Trinajstić information content (AvgIpc) is 3.34. The van der Waals surface area contributed by atoms with Gasteiger partial charge in [0.05, 0.1) is 36.2 Å². The number of fused-ring (bicyclic) bond motifs is 3. The maximum absolute atomic E-state index is 13.3. The molecule has 9 nitrogen and oxygen atoms in total. The smallest absolute Gasteiger partial charge is 0.278 e. The summed E-state index contributed by atoms with van der Waals surface area (Å²) < 4.78 is 8.33. The molecule has 1 aromatic carbocycles. The number of aliphatic hydroxyl groups is 2. The van der Waals surface area contributed by atoms with Crippen molar-refractivity contribution >= 4 is 28.2 Å². The Labute approximate surface area is 163 Å². The lowest BCUT2D eigenvalue weighted by Gasteiger charge is -2.17. The monoisotopic (exact) mass is 403 g/mol. The highest BCUT2D eigenvalue weighted by Gasteiger charge is 2.23. The number of aromatic nitrogens is 5. The Morgan fingerprint density at radius 2 is 2.00 bits per heavy atom. The summed E-state index contributed by atoms with van der Waals surface area (Å²) in [5, 5.41) is 23.3. The third-order valence-electron chi connectivity index (χ3n) is 4.70. The van der Waals surface area contributed by atoms with Gasteiger partial charge in [0.25, 0.3) is 5.56 Å². The van der Waals surface area contributed by atoms with E-state index in [0.717, 1.165) is 0 Å². The average molecular weight is 404 g/mol. The molecule has 0 bridgehead atoms. The maximum atomic E-state index is 13.3. The summed E-state index contributed by atoms with van der Waals surface area (Å²) in [6.45, 7) is 3.12. The van der Waals surface area contributed by atoms with Gasteiger partial charge < -0.3 is 14.7 Å². The van der Waals surface area contributed by atoms with Crippen molar-refractivity contribution in [1.29, 1.82) is 0 Å².